The van der Waals surface area contributed by atoms with Crippen molar-refractivity contribution in [3.05, 3.63) is 29.1 Å². The highest BCUT2D eigenvalue weighted by atomic mass is 28.4. The lowest BCUT2D eigenvalue weighted by Crippen LogP contribution is -2.42. The molecule has 7 heteroatoms. The summed E-state index contributed by atoms with van der Waals surface area (Å²) in [5.41, 5.74) is 4.71. The van der Waals surface area contributed by atoms with E-state index >= 15 is 0 Å². The second-order valence-corrected chi connectivity index (χ2v) is 15.6. The van der Waals surface area contributed by atoms with Crippen molar-refractivity contribution in [1.29, 1.82) is 0 Å². The molecule has 170 valence electrons. The second kappa shape index (κ2) is 9.22. The van der Waals surface area contributed by atoms with Crippen LogP contribution in [-0.2, 0) is 28.4 Å². The summed E-state index contributed by atoms with van der Waals surface area (Å²) in [5.74, 6) is 1.42. The third-order valence-corrected chi connectivity index (χ3v) is 11.8. The van der Waals surface area contributed by atoms with Crippen LogP contribution < -0.4 is 0 Å². The van der Waals surface area contributed by atoms with Crippen LogP contribution in [0.4, 0.5) is 0 Å². The molecule has 2 aromatic rings. The number of ether oxygens (including phenoxy) is 1. The van der Waals surface area contributed by atoms with Gasteiger partial charge in [-0.15, -0.1) is 10.2 Å². The van der Waals surface area contributed by atoms with Crippen LogP contribution in [0.1, 0.15) is 44.1 Å². The average Bonchev–Trinajstić information content (AvgIpc) is 3.12. The maximum Gasteiger partial charge on any atom is 0.191 e. The first kappa shape index (κ1) is 22.8. The Labute approximate surface area is 187 Å². The molecule has 1 unspecified atom stereocenters. The van der Waals surface area contributed by atoms with Gasteiger partial charge in [-0.25, -0.2) is 4.98 Å². The lowest BCUT2D eigenvalue weighted by atomic mass is 10.1. The molecule has 1 aliphatic heterocycles. The molecular weight excluding hydrogens is 404 g/mol. The van der Waals surface area contributed by atoms with Crippen molar-refractivity contribution in [2.75, 3.05) is 39.5 Å². The highest BCUT2D eigenvalue weighted by Gasteiger charge is 2.38. The summed E-state index contributed by atoms with van der Waals surface area (Å²) in [5, 5.41) is 9.16. The zero-order chi connectivity index (χ0) is 22.1. The number of hydrogen-bond donors (Lipinski definition) is 0. The first-order chi connectivity index (χ1) is 14.7. The minimum atomic E-state index is -1.70. The molecule has 1 saturated heterocycles. The molecule has 1 atom stereocenters. The maximum atomic E-state index is 6.50. The van der Waals surface area contributed by atoms with Crippen molar-refractivity contribution in [2.24, 2.45) is 5.92 Å². The van der Waals surface area contributed by atoms with Gasteiger partial charge >= 0.3 is 0 Å². The highest BCUT2D eigenvalue weighted by molar-refractivity contribution is 6.74. The number of nitrogens with zero attached hydrogens (tertiary/aromatic N) is 4. The van der Waals surface area contributed by atoms with E-state index in [9.17, 15) is 0 Å². The maximum absolute atomic E-state index is 6.50. The summed E-state index contributed by atoms with van der Waals surface area (Å²) in [6.07, 6.45) is 4.09. The summed E-state index contributed by atoms with van der Waals surface area (Å²) in [6.45, 7) is 17.3. The molecular formula is C24H38N4O2Si. The highest BCUT2D eigenvalue weighted by Crippen LogP contribution is 2.38. The summed E-state index contributed by atoms with van der Waals surface area (Å²) in [4.78, 5) is 7.29. The van der Waals surface area contributed by atoms with E-state index in [0.29, 0.717) is 5.92 Å². The summed E-state index contributed by atoms with van der Waals surface area (Å²) in [7, 11) is -1.70. The molecule has 2 heterocycles. The quantitative estimate of drug-likeness (QED) is 0.604. The van der Waals surface area contributed by atoms with Crippen LogP contribution in [0.15, 0.2) is 12.1 Å². The molecule has 6 nitrogen and oxygen atoms in total. The Morgan fingerprint density at radius 2 is 1.74 bits per heavy atom. The minimum Gasteiger partial charge on any atom is -0.417 e. The van der Waals surface area contributed by atoms with Crippen LogP contribution in [-0.4, -0.2) is 67.9 Å². The molecule has 1 aromatic carbocycles. The van der Waals surface area contributed by atoms with E-state index in [0.717, 1.165) is 82.0 Å². The van der Waals surface area contributed by atoms with Crippen molar-refractivity contribution in [2.45, 2.75) is 64.6 Å². The molecule has 1 aliphatic carbocycles. The Balaban J connectivity index is 1.36. The Morgan fingerprint density at radius 1 is 1.06 bits per heavy atom. The van der Waals surface area contributed by atoms with E-state index in [1.807, 2.05) is 0 Å². The van der Waals surface area contributed by atoms with E-state index in [1.165, 1.54) is 11.1 Å². The molecule has 31 heavy (non-hydrogen) atoms. The van der Waals surface area contributed by atoms with Crippen molar-refractivity contribution < 1.29 is 9.16 Å². The van der Waals surface area contributed by atoms with Crippen LogP contribution >= 0.6 is 0 Å². The van der Waals surface area contributed by atoms with E-state index in [-0.39, 0.29) is 5.04 Å². The number of aryl methyl sites for hydroxylation is 1. The first-order valence-corrected chi connectivity index (χ1v) is 14.7. The van der Waals surface area contributed by atoms with Gasteiger partial charge in [0.25, 0.3) is 0 Å². The Bertz CT molecular complexity index is 906. The predicted molar refractivity (Wildman–Crippen MR) is 127 cm³/mol. The molecule has 0 amide bonds. The van der Waals surface area contributed by atoms with Gasteiger partial charge in [-0.2, -0.15) is 0 Å². The minimum absolute atomic E-state index is 0.255. The fourth-order valence-corrected chi connectivity index (χ4v) is 5.32. The lowest BCUT2D eigenvalue weighted by Gasteiger charge is -2.37. The van der Waals surface area contributed by atoms with Crippen molar-refractivity contribution >= 4 is 19.4 Å². The molecule has 1 fully saturated rings. The van der Waals surface area contributed by atoms with Gasteiger partial charge < -0.3 is 9.16 Å². The third-order valence-electron chi connectivity index (χ3n) is 7.30. The van der Waals surface area contributed by atoms with Gasteiger partial charge in [0.2, 0.25) is 0 Å². The van der Waals surface area contributed by atoms with E-state index in [4.69, 9.17) is 14.1 Å². The lowest BCUT2D eigenvalue weighted by molar-refractivity contribution is 0.0374. The monoisotopic (exact) mass is 442 g/mol. The standard InChI is InChI=1S/C24H38N4O2Si/c1-24(2,3)31(4,5)30-17-18-13-19-15-21-22(16-20(19)14-18)26-27-23(25-21)7-6-8-28-9-11-29-12-10-28/h15-16,18H,6-14,17H2,1-5H3. The number of morpholine rings is 1. The van der Waals surface area contributed by atoms with Crippen LogP contribution in [0.2, 0.25) is 18.1 Å². The van der Waals surface area contributed by atoms with Crippen molar-refractivity contribution in [3.63, 3.8) is 0 Å². The van der Waals surface area contributed by atoms with Gasteiger partial charge in [0.15, 0.2) is 14.1 Å². The van der Waals surface area contributed by atoms with Gasteiger partial charge in [0.05, 0.1) is 18.7 Å². The Morgan fingerprint density at radius 3 is 2.42 bits per heavy atom. The summed E-state index contributed by atoms with van der Waals surface area (Å²) >= 11 is 0. The molecule has 0 N–H and O–H groups in total. The van der Waals surface area contributed by atoms with Gasteiger partial charge in [0, 0.05) is 26.1 Å². The molecule has 0 bridgehead atoms. The van der Waals surface area contributed by atoms with Crippen LogP contribution in [0, 0.1) is 5.92 Å². The van der Waals surface area contributed by atoms with Gasteiger partial charge in [0.1, 0.15) is 5.52 Å². The molecule has 0 radical (unpaired) electrons. The Kier molecular flexibility index (Phi) is 6.77. The number of benzene rings is 1. The normalized spacial score (nSPS) is 20.4. The number of fused-ring (bicyclic) bond motifs is 2. The fourth-order valence-electron chi connectivity index (χ4n) is 4.23. The summed E-state index contributed by atoms with van der Waals surface area (Å²) in [6, 6.07) is 4.45. The molecule has 0 saturated carbocycles. The first-order valence-electron chi connectivity index (χ1n) is 11.8. The topological polar surface area (TPSA) is 60.4 Å². The van der Waals surface area contributed by atoms with Gasteiger partial charge in [-0.1, -0.05) is 20.8 Å². The van der Waals surface area contributed by atoms with E-state index in [1.54, 1.807) is 0 Å². The second-order valence-electron chi connectivity index (χ2n) is 10.7. The molecule has 4 rings (SSSR count). The van der Waals surface area contributed by atoms with Crippen LogP contribution in [0.3, 0.4) is 0 Å². The van der Waals surface area contributed by atoms with Gasteiger partial charge in [-0.3, -0.25) is 4.90 Å². The molecule has 0 spiro atoms. The Hall–Kier alpha value is -1.41. The zero-order valence-corrected chi connectivity index (χ0v) is 20.9. The average molecular weight is 443 g/mol. The number of rotatable bonds is 7. The van der Waals surface area contributed by atoms with E-state index < -0.39 is 8.32 Å². The molecule has 2 aliphatic rings. The molecule has 1 aromatic heterocycles. The number of hydrogen-bond acceptors (Lipinski definition) is 6. The largest absolute Gasteiger partial charge is 0.417 e. The fraction of sp³-hybridized carbons (Fsp3) is 0.708. The number of aromatic nitrogens is 3. The zero-order valence-electron chi connectivity index (χ0n) is 19.9. The van der Waals surface area contributed by atoms with Crippen LogP contribution in [0.5, 0.6) is 0 Å². The van der Waals surface area contributed by atoms with Crippen molar-refractivity contribution in [1.82, 2.24) is 20.1 Å². The predicted octanol–water partition coefficient (Wildman–Crippen LogP) is 4.03. The van der Waals surface area contributed by atoms with Crippen LogP contribution in [0.25, 0.3) is 11.0 Å². The third kappa shape index (κ3) is 5.50. The summed E-state index contributed by atoms with van der Waals surface area (Å²) < 4.78 is 11.9. The SMILES string of the molecule is CC(C)(C)[Si](C)(C)OCC1Cc2cc3nnc(CCCN4CCOCC4)nc3cc2C1. The van der Waals surface area contributed by atoms with Crippen molar-refractivity contribution in [3.8, 4) is 0 Å². The van der Waals surface area contributed by atoms with E-state index in [2.05, 4.69) is 61.1 Å². The van der Waals surface area contributed by atoms with Gasteiger partial charge in [-0.05, 0) is 73.1 Å². The smallest absolute Gasteiger partial charge is 0.191 e.